The summed E-state index contributed by atoms with van der Waals surface area (Å²) < 4.78 is 5.15. The molecule has 0 radical (unpaired) electrons. The molecule has 0 bridgehead atoms. The highest BCUT2D eigenvalue weighted by Crippen LogP contribution is 2.27. The average Bonchev–Trinajstić information content (AvgIpc) is 3.08. The summed E-state index contributed by atoms with van der Waals surface area (Å²) >= 11 is 2.84. The summed E-state index contributed by atoms with van der Waals surface area (Å²) in [7, 11) is 1.63. The molecule has 2 aromatic carbocycles. The maximum absolute atomic E-state index is 12.1. The maximum Gasteiger partial charge on any atom is 0.236 e. The van der Waals surface area contributed by atoms with E-state index in [9.17, 15) is 4.79 Å². The van der Waals surface area contributed by atoms with Crippen molar-refractivity contribution in [2.75, 3.05) is 23.9 Å². The summed E-state index contributed by atoms with van der Waals surface area (Å²) in [4.78, 5) is 17.5. The standard InChI is InChI=1S/C18H17N3O2S2/c1-23-14-7-5-12(6-8-14)16-10-25-18(20-16)21-17(22)11-24-15-4-2-3-13(19)9-15/h2-10H,11,19H2,1H3,(H,20,21,22). The Kier molecular flexibility index (Phi) is 5.57. The number of rotatable bonds is 6. The quantitative estimate of drug-likeness (QED) is 0.503. The average molecular weight is 371 g/mol. The van der Waals surface area contributed by atoms with Crippen LogP contribution in [0.25, 0.3) is 11.3 Å². The third-order valence-electron chi connectivity index (χ3n) is 3.36. The number of nitrogen functional groups attached to an aromatic ring is 1. The number of hydrogen-bond donors (Lipinski definition) is 2. The van der Waals surface area contributed by atoms with Crippen molar-refractivity contribution >= 4 is 39.8 Å². The second kappa shape index (κ2) is 8.04. The molecule has 1 amide bonds. The molecule has 0 saturated heterocycles. The Labute approximate surface area is 154 Å². The molecule has 3 rings (SSSR count). The predicted molar refractivity (Wildman–Crippen MR) is 104 cm³/mol. The molecular weight excluding hydrogens is 354 g/mol. The first-order valence-corrected chi connectivity index (χ1v) is 9.39. The van der Waals surface area contributed by atoms with Gasteiger partial charge in [-0.05, 0) is 42.5 Å². The fourth-order valence-electron chi connectivity index (χ4n) is 2.13. The van der Waals surface area contributed by atoms with Crippen LogP contribution in [0.2, 0.25) is 0 Å². The zero-order valence-electron chi connectivity index (χ0n) is 13.6. The molecule has 0 aliphatic heterocycles. The Morgan fingerprint density at radius 3 is 2.80 bits per heavy atom. The first-order valence-electron chi connectivity index (χ1n) is 7.52. The number of hydrogen-bond acceptors (Lipinski definition) is 6. The number of thioether (sulfide) groups is 1. The topological polar surface area (TPSA) is 77.2 Å². The fraction of sp³-hybridized carbons (Fsp3) is 0.111. The van der Waals surface area contributed by atoms with Gasteiger partial charge in [-0.3, -0.25) is 4.79 Å². The number of carbonyl (C=O) groups excluding carboxylic acids is 1. The van der Waals surface area contributed by atoms with E-state index >= 15 is 0 Å². The number of nitrogens with zero attached hydrogens (tertiary/aromatic N) is 1. The molecule has 0 unspecified atom stereocenters. The van der Waals surface area contributed by atoms with Gasteiger partial charge in [-0.15, -0.1) is 23.1 Å². The molecule has 3 N–H and O–H groups in total. The molecule has 5 nitrogen and oxygen atoms in total. The highest BCUT2D eigenvalue weighted by atomic mass is 32.2. The van der Waals surface area contributed by atoms with E-state index in [0.717, 1.165) is 21.9 Å². The Morgan fingerprint density at radius 1 is 1.28 bits per heavy atom. The summed E-state index contributed by atoms with van der Waals surface area (Å²) in [6, 6.07) is 15.1. The number of methoxy groups -OCH3 is 1. The lowest BCUT2D eigenvalue weighted by atomic mass is 10.2. The zero-order chi connectivity index (χ0) is 17.6. The van der Waals surface area contributed by atoms with Crippen LogP contribution >= 0.6 is 23.1 Å². The number of thiazole rings is 1. The van der Waals surface area contributed by atoms with Crippen molar-refractivity contribution < 1.29 is 9.53 Å². The van der Waals surface area contributed by atoms with Crippen molar-refractivity contribution in [3.05, 3.63) is 53.9 Å². The second-order valence-electron chi connectivity index (χ2n) is 5.18. The van der Waals surface area contributed by atoms with E-state index < -0.39 is 0 Å². The minimum atomic E-state index is -0.0944. The zero-order valence-corrected chi connectivity index (χ0v) is 15.2. The van der Waals surface area contributed by atoms with Crippen LogP contribution in [0.5, 0.6) is 5.75 Å². The lowest BCUT2D eigenvalue weighted by molar-refractivity contribution is -0.113. The summed E-state index contributed by atoms with van der Waals surface area (Å²) in [5, 5.41) is 5.34. The first-order chi connectivity index (χ1) is 12.1. The number of amides is 1. The van der Waals surface area contributed by atoms with Gasteiger partial charge in [0.15, 0.2) is 5.13 Å². The van der Waals surface area contributed by atoms with Crippen LogP contribution in [-0.4, -0.2) is 23.8 Å². The van der Waals surface area contributed by atoms with Crippen LogP contribution in [0.1, 0.15) is 0 Å². The minimum Gasteiger partial charge on any atom is -0.497 e. The molecule has 7 heteroatoms. The first kappa shape index (κ1) is 17.3. The molecule has 0 spiro atoms. The van der Waals surface area contributed by atoms with E-state index in [-0.39, 0.29) is 5.91 Å². The highest BCUT2D eigenvalue weighted by molar-refractivity contribution is 8.00. The number of benzene rings is 2. The van der Waals surface area contributed by atoms with Crippen molar-refractivity contribution in [2.24, 2.45) is 0 Å². The summed E-state index contributed by atoms with van der Waals surface area (Å²) in [6.07, 6.45) is 0. The Balaban J connectivity index is 1.57. The molecular formula is C18H17N3O2S2. The largest absolute Gasteiger partial charge is 0.497 e. The number of ether oxygens (including phenoxy) is 1. The van der Waals surface area contributed by atoms with E-state index in [0.29, 0.717) is 16.6 Å². The summed E-state index contributed by atoms with van der Waals surface area (Å²) in [6.45, 7) is 0. The van der Waals surface area contributed by atoms with Gasteiger partial charge in [-0.25, -0.2) is 4.98 Å². The maximum atomic E-state index is 12.1. The molecule has 25 heavy (non-hydrogen) atoms. The summed E-state index contributed by atoms with van der Waals surface area (Å²) in [5.74, 6) is 1.01. The normalized spacial score (nSPS) is 10.4. The number of aromatic nitrogens is 1. The predicted octanol–water partition coefficient (Wildman–Crippen LogP) is 4.13. The molecule has 128 valence electrons. The Hall–Kier alpha value is -2.51. The molecule has 0 saturated carbocycles. The van der Waals surface area contributed by atoms with Crippen LogP contribution in [0, 0.1) is 0 Å². The van der Waals surface area contributed by atoms with Crippen molar-refractivity contribution in [1.82, 2.24) is 4.98 Å². The minimum absolute atomic E-state index is 0.0944. The van der Waals surface area contributed by atoms with Gasteiger partial charge in [0.25, 0.3) is 0 Å². The lowest BCUT2D eigenvalue weighted by Crippen LogP contribution is -2.13. The van der Waals surface area contributed by atoms with Crippen LogP contribution in [0.15, 0.2) is 58.8 Å². The van der Waals surface area contributed by atoms with Gasteiger partial charge < -0.3 is 15.8 Å². The number of anilines is 2. The lowest BCUT2D eigenvalue weighted by Gasteiger charge is -2.03. The van der Waals surface area contributed by atoms with Gasteiger partial charge in [0.1, 0.15) is 5.75 Å². The second-order valence-corrected chi connectivity index (χ2v) is 7.08. The Bertz CT molecular complexity index is 863. The third-order valence-corrected chi connectivity index (χ3v) is 5.12. The van der Waals surface area contributed by atoms with Gasteiger partial charge in [-0.2, -0.15) is 0 Å². The van der Waals surface area contributed by atoms with E-state index in [1.54, 1.807) is 7.11 Å². The number of nitrogens with one attached hydrogen (secondary N) is 1. The van der Waals surface area contributed by atoms with Gasteiger partial charge in [-0.1, -0.05) is 6.07 Å². The Morgan fingerprint density at radius 2 is 2.08 bits per heavy atom. The van der Waals surface area contributed by atoms with Crippen molar-refractivity contribution in [3.63, 3.8) is 0 Å². The summed E-state index contributed by atoms with van der Waals surface area (Å²) in [5.41, 5.74) is 8.23. The van der Waals surface area contributed by atoms with Crippen molar-refractivity contribution in [1.29, 1.82) is 0 Å². The molecule has 1 aromatic heterocycles. The highest BCUT2D eigenvalue weighted by Gasteiger charge is 2.09. The van der Waals surface area contributed by atoms with Gasteiger partial charge in [0, 0.05) is 21.5 Å². The van der Waals surface area contributed by atoms with E-state index in [1.165, 1.54) is 23.1 Å². The van der Waals surface area contributed by atoms with E-state index in [4.69, 9.17) is 10.5 Å². The third kappa shape index (κ3) is 4.74. The van der Waals surface area contributed by atoms with Crippen molar-refractivity contribution in [3.8, 4) is 17.0 Å². The van der Waals surface area contributed by atoms with E-state index in [2.05, 4.69) is 10.3 Å². The smallest absolute Gasteiger partial charge is 0.236 e. The van der Waals surface area contributed by atoms with Crippen LogP contribution < -0.4 is 15.8 Å². The van der Waals surface area contributed by atoms with Gasteiger partial charge >= 0.3 is 0 Å². The van der Waals surface area contributed by atoms with Gasteiger partial charge in [0.05, 0.1) is 18.6 Å². The molecule has 0 atom stereocenters. The molecule has 1 heterocycles. The van der Waals surface area contributed by atoms with Gasteiger partial charge in [0.2, 0.25) is 5.91 Å². The molecule has 0 aliphatic rings. The fourth-order valence-corrected chi connectivity index (χ4v) is 3.63. The van der Waals surface area contributed by atoms with Crippen LogP contribution in [-0.2, 0) is 4.79 Å². The van der Waals surface area contributed by atoms with Crippen molar-refractivity contribution in [2.45, 2.75) is 4.90 Å². The molecule has 3 aromatic rings. The monoisotopic (exact) mass is 371 g/mol. The molecule has 0 fully saturated rings. The van der Waals surface area contributed by atoms with Crippen LogP contribution in [0.3, 0.4) is 0 Å². The van der Waals surface area contributed by atoms with Crippen LogP contribution in [0.4, 0.5) is 10.8 Å². The molecule has 0 aliphatic carbocycles. The number of carbonyl (C=O) groups is 1. The van der Waals surface area contributed by atoms with E-state index in [1.807, 2.05) is 53.9 Å². The SMILES string of the molecule is COc1ccc(-c2csc(NC(=O)CSc3cccc(N)c3)n2)cc1. The number of nitrogens with two attached hydrogens (primary N) is 1.